The topological polar surface area (TPSA) is 54.7 Å². The lowest BCUT2D eigenvalue weighted by Crippen LogP contribution is -1.92. The van der Waals surface area contributed by atoms with E-state index >= 15 is 0 Å². The standard InChI is InChI=1S/C15H10ClF2N3/c16-10-7-11(17)9(6-12(10)18)14-13(15(19)21-20-14)8-4-2-1-3-5-8/h1-7H,(H3,19,20,21). The molecule has 0 aliphatic carbocycles. The van der Waals surface area contributed by atoms with Crippen molar-refractivity contribution in [1.82, 2.24) is 10.2 Å². The van der Waals surface area contributed by atoms with Gasteiger partial charge in [-0.1, -0.05) is 41.9 Å². The number of halogens is 3. The van der Waals surface area contributed by atoms with Gasteiger partial charge in [-0.3, -0.25) is 5.10 Å². The molecule has 6 heteroatoms. The van der Waals surface area contributed by atoms with Crippen molar-refractivity contribution in [3.8, 4) is 22.4 Å². The van der Waals surface area contributed by atoms with Crippen LogP contribution in [-0.2, 0) is 0 Å². The third-order valence-electron chi connectivity index (χ3n) is 3.14. The van der Waals surface area contributed by atoms with E-state index in [1.807, 2.05) is 30.3 Å². The molecular weight excluding hydrogens is 296 g/mol. The Kier molecular flexibility index (Phi) is 3.35. The van der Waals surface area contributed by atoms with Crippen LogP contribution in [0.1, 0.15) is 0 Å². The second kappa shape index (κ2) is 5.18. The number of nitrogens with two attached hydrogens (primary N) is 1. The lowest BCUT2D eigenvalue weighted by atomic mass is 10.0. The van der Waals surface area contributed by atoms with Gasteiger partial charge in [-0.2, -0.15) is 5.10 Å². The summed E-state index contributed by atoms with van der Waals surface area (Å²) in [6.45, 7) is 0. The summed E-state index contributed by atoms with van der Waals surface area (Å²) in [7, 11) is 0. The molecule has 3 nitrogen and oxygen atoms in total. The fourth-order valence-corrected chi connectivity index (χ4v) is 2.31. The summed E-state index contributed by atoms with van der Waals surface area (Å²) in [4.78, 5) is 0. The van der Waals surface area contributed by atoms with Gasteiger partial charge in [-0.15, -0.1) is 0 Å². The Morgan fingerprint density at radius 1 is 1.05 bits per heavy atom. The molecule has 3 aromatic rings. The van der Waals surface area contributed by atoms with Gasteiger partial charge >= 0.3 is 0 Å². The third-order valence-corrected chi connectivity index (χ3v) is 3.43. The number of nitrogens with one attached hydrogen (secondary N) is 1. The molecule has 3 N–H and O–H groups in total. The molecule has 1 aromatic heterocycles. The molecule has 0 aliphatic heterocycles. The predicted molar refractivity (Wildman–Crippen MR) is 78.8 cm³/mol. The van der Waals surface area contributed by atoms with Gasteiger partial charge in [0.15, 0.2) is 5.82 Å². The maximum absolute atomic E-state index is 14.1. The van der Waals surface area contributed by atoms with Crippen molar-refractivity contribution < 1.29 is 8.78 Å². The van der Waals surface area contributed by atoms with Crippen molar-refractivity contribution in [1.29, 1.82) is 0 Å². The van der Waals surface area contributed by atoms with Gasteiger partial charge in [-0.25, -0.2) is 8.78 Å². The molecule has 0 saturated carbocycles. The Morgan fingerprint density at radius 2 is 1.76 bits per heavy atom. The number of hydrogen-bond acceptors (Lipinski definition) is 2. The molecule has 0 atom stereocenters. The molecule has 0 radical (unpaired) electrons. The lowest BCUT2D eigenvalue weighted by Gasteiger charge is -2.07. The Balaban J connectivity index is 2.24. The van der Waals surface area contributed by atoms with Crippen LogP contribution < -0.4 is 5.73 Å². The summed E-state index contributed by atoms with van der Waals surface area (Å²) in [5.74, 6) is -1.14. The second-order valence-corrected chi connectivity index (χ2v) is 4.88. The van der Waals surface area contributed by atoms with Crippen LogP contribution in [-0.4, -0.2) is 10.2 Å². The number of aromatic nitrogens is 2. The predicted octanol–water partition coefficient (Wildman–Crippen LogP) is 4.26. The lowest BCUT2D eigenvalue weighted by molar-refractivity contribution is 0.603. The fraction of sp³-hybridized carbons (Fsp3) is 0. The molecule has 21 heavy (non-hydrogen) atoms. The quantitative estimate of drug-likeness (QED) is 0.695. The molecule has 0 amide bonds. The molecule has 106 valence electrons. The minimum atomic E-state index is -0.708. The van der Waals surface area contributed by atoms with Gasteiger partial charge in [0, 0.05) is 5.56 Å². The number of benzene rings is 2. The zero-order chi connectivity index (χ0) is 15.0. The Hall–Kier alpha value is -2.40. The van der Waals surface area contributed by atoms with E-state index in [2.05, 4.69) is 10.2 Å². The highest BCUT2D eigenvalue weighted by Gasteiger charge is 2.19. The monoisotopic (exact) mass is 305 g/mol. The average Bonchev–Trinajstić information content (AvgIpc) is 2.85. The van der Waals surface area contributed by atoms with Gasteiger partial charge in [0.1, 0.15) is 11.6 Å². The summed E-state index contributed by atoms with van der Waals surface area (Å²) in [6.07, 6.45) is 0. The number of rotatable bonds is 2. The Bertz CT molecular complexity index is 800. The molecular formula is C15H10ClF2N3. The second-order valence-electron chi connectivity index (χ2n) is 4.47. The minimum absolute atomic E-state index is 0.0277. The van der Waals surface area contributed by atoms with Crippen LogP contribution in [0.25, 0.3) is 22.4 Å². The normalized spacial score (nSPS) is 10.8. The van der Waals surface area contributed by atoms with Crippen LogP contribution in [0.3, 0.4) is 0 Å². The van der Waals surface area contributed by atoms with Crippen LogP contribution >= 0.6 is 11.6 Å². The van der Waals surface area contributed by atoms with Crippen molar-refractivity contribution in [2.45, 2.75) is 0 Å². The van der Waals surface area contributed by atoms with E-state index in [1.54, 1.807) is 0 Å². The van der Waals surface area contributed by atoms with Crippen molar-refractivity contribution in [3.05, 3.63) is 59.1 Å². The SMILES string of the molecule is Nc1n[nH]c(-c2cc(F)c(Cl)cc2F)c1-c1ccccc1. The van der Waals surface area contributed by atoms with Crippen LogP contribution in [0.15, 0.2) is 42.5 Å². The van der Waals surface area contributed by atoms with Gasteiger partial charge < -0.3 is 5.73 Å². The summed E-state index contributed by atoms with van der Waals surface area (Å²) < 4.78 is 27.7. The van der Waals surface area contributed by atoms with Crippen LogP contribution in [0.5, 0.6) is 0 Å². The average molecular weight is 306 g/mol. The summed E-state index contributed by atoms with van der Waals surface area (Å²) in [5, 5.41) is 6.27. The first-order valence-corrected chi connectivity index (χ1v) is 6.50. The van der Waals surface area contributed by atoms with Crippen molar-refractivity contribution in [3.63, 3.8) is 0 Å². The Labute approximate surface area is 124 Å². The van der Waals surface area contributed by atoms with Gasteiger partial charge in [0.25, 0.3) is 0 Å². The van der Waals surface area contributed by atoms with Gasteiger partial charge in [0.05, 0.1) is 16.3 Å². The molecule has 0 fully saturated rings. The van der Waals surface area contributed by atoms with Crippen molar-refractivity contribution >= 4 is 17.4 Å². The highest BCUT2D eigenvalue weighted by atomic mass is 35.5. The van der Waals surface area contributed by atoms with Crippen LogP contribution in [0, 0.1) is 11.6 Å². The van der Waals surface area contributed by atoms with E-state index in [-0.39, 0.29) is 16.4 Å². The van der Waals surface area contributed by atoms with E-state index in [0.717, 1.165) is 17.7 Å². The maximum Gasteiger partial charge on any atom is 0.153 e. The smallest absolute Gasteiger partial charge is 0.153 e. The zero-order valence-electron chi connectivity index (χ0n) is 10.7. The number of aromatic amines is 1. The summed E-state index contributed by atoms with van der Waals surface area (Å²) in [5.41, 5.74) is 7.47. The van der Waals surface area contributed by atoms with Crippen molar-refractivity contribution in [2.24, 2.45) is 0 Å². The first-order valence-electron chi connectivity index (χ1n) is 6.12. The van der Waals surface area contributed by atoms with E-state index in [0.29, 0.717) is 11.3 Å². The number of nitrogens with zero attached hydrogens (tertiary/aromatic N) is 1. The zero-order valence-corrected chi connectivity index (χ0v) is 11.5. The molecule has 0 saturated heterocycles. The summed E-state index contributed by atoms with van der Waals surface area (Å²) in [6, 6.07) is 11.1. The highest BCUT2D eigenvalue weighted by Crippen LogP contribution is 2.36. The molecule has 0 aliphatic rings. The summed E-state index contributed by atoms with van der Waals surface area (Å²) >= 11 is 5.57. The largest absolute Gasteiger partial charge is 0.382 e. The number of H-pyrrole nitrogens is 1. The third kappa shape index (κ3) is 2.36. The molecule has 0 spiro atoms. The van der Waals surface area contributed by atoms with E-state index in [1.165, 1.54) is 0 Å². The maximum atomic E-state index is 14.1. The minimum Gasteiger partial charge on any atom is -0.382 e. The molecule has 3 rings (SSSR count). The molecule has 0 unspecified atom stereocenters. The highest BCUT2D eigenvalue weighted by molar-refractivity contribution is 6.30. The number of nitrogen functional groups attached to an aromatic ring is 1. The number of anilines is 1. The van der Waals surface area contributed by atoms with E-state index < -0.39 is 11.6 Å². The molecule has 2 aromatic carbocycles. The van der Waals surface area contributed by atoms with Crippen LogP contribution in [0.4, 0.5) is 14.6 Å². The van der Waals surface area contributed by atoms with Gasteiger partial charge in [0.2, 0.25) is 0 Å². The van der Waals surface area contributed by atoms with Gasteiger partial charge in [-0.05, 0) is 17.7 Å². The fourth-order valence-electron chi connectivity index (χ4n) is 2.16. The first-order chi connectivity index (χ1) is 10.1. The Morgan fingerprint density at radius 3 is 2.48 bits per heavy atom. The first kappa shape index (κ1) is 13.6. The van der Waals surface area contributed by atoms with E-state index in [4.69, 9.17) is 17.3 Å². The molecule has 1 heterocycles. The van der Waals surface area contributed by atoms with Crippen molar-refractivity contribution in [2.75, 3.05) is 5.73 Å². The number of hydrogen-bond donors (Lipinski definition) is 2. The van der Waals surface area contributed by atoms with Crippen LogP contribution in [0.2, 0.25) is 5.02 Å². The van der Waals surface area contributed by atoms with E-state index in [9.17, 15) is 8.78 Å². The molecule has 0 bridgehead atoms.